The van der Waals surface area contributed by atoms with Crippen molar-refractivity contribution in [3.05, 3.63) is 89.6 Å². The Kier molecular flexibility index (Phi) is 4.02. The highest BCUT2D eigenvalue weighted by atomic mass is 16.5. The smallest absolute Gasteiger partial charge is 0.229 e. The molecule has 3 heteroatoms. The van der Waals surface area contributed by atoms with E-state index in [9.17, 15) is 0 Å². The third-order valence-corrected chi connectivity index (χ3v) is 5.53. The van der Waals surface area contributed by atoms with Crippen molar-refractivity contribution in [3.8, 4) is 11.4 Å². The van der Waals surface area contributed by atoms with Crippen LogP contribution in [0.4, 0.5) is 0 Å². The fourth-order valence-corrected chi connectivity index (χ4v) is 4.02. The van der Waals surface area contributed by atoms with Crippen LogP contribution in [0, 0.1) is 0 Å². The lowest BCUT2D eigenvalue weighted by molar-refractivity contribution is -0.688. The van der Waals surface area contributed by atoms with Gasteiger partial charge in [-0.15, -0.1) is 0 Å². The van der Waals surface area contributed by atoms with Crippen molar-refractivity contribution >= 4 is 10.9 Å². The number of hydrogen-bond donors (Lipinski definition) is 1. The first-order valence-corrected chi connectivity index (χ1v) is 9.58. The summed E-state index contributed by atoms with van der Waals surface area (Å²) in [7, 11) is 0. The van der Waals surface area contributed by atoms with E-state index in [0.717, 1.165) is 13.0 Å². The number of rotatable bonds is 4. The van der Waals surface area contributed by atoms with Crippen LogP contribution in [0.5, 0.6) is 0 Å². The highest BCUT2D eigenvalue weighted by Crippen LogP contribution is 2.32. The van der Waals surface area contributed by atoms with E-state index in [-0.39, 0.29) is 6.10 Å². The molecule has 1 unspecified atom stereocenters. The Labute approximate surface area is 159 Å². The van der Waals surface area contributed by atoms with Gasteiger partial charge in [0.05, 0.1) is 12.7 Å². The van der Waals surface area contributed by atoms with Gasteiger partial charge in [-0.25, -0.2) is 0 Å². The van der Waals surface area contributed by atoms with E-state index in [4.69, 9.17) is 4.74 Å². The van der Waals surface area contributed by atoms with Crippen molar-refractivity contribution in [2.75, 3.05) is 0 Å². The summed E-state index contributed by atoms with van der Waals surface area (Å²) in [6.45, 7) is 3.77. The molecule has 1 aliphatic heterocycles. The molecule has 0 saturated heterocycles. The normalized spacial score (nSPS) is 14.0. The van der Waals surface area contributed by atoms with Gasteiger partial charge < -0.3 is 9.72 Å². The number of ether oxygens (including phenoxy) is 1. The average Bonchev–Trinajstić information content (AvgIpc) is 3.11. The molecule has 0 radical (unpaired) electrons. The third-order valence-electron chi connectivity index (χ3n) is 5.53. The van der Waals surface area contributed by atoms with Gasteiger partial charge in [0.25, 0.3) is 0 Å². The van der Waals surface area contributed by atoms with Crippen LogP contribution in [0.2, 0.25) is 0 Å². The highest BCUT2D eigenvalue weighted by molar-refractivity contribution is 5.90. The molecule has 3 heterocycles. The molecule has 1 atom stereocenters. The van der Waals surface area contributed by atoms with Gasteiger partial charge in [-0.05, 0) is 30.2 Å². The zero-order valence-electron chi connectivity index (χ0n) is 15.5. The molecule has 1 aliphatic rings. The average molecular weight is 355 g/mol. The van der Waals surface area contributed by atoms with Crippen molar-refractivity contribution < 1.29 is 9.30 Å². The number of aromatic nitrogens is 2. The number of aromatic amines is 1. The van der Waals surface area contributed by atoms with Gasteiger partial charge in [-0.1, -0.05) is 48.5 Å². The van der Waals surface area contributed by atoms with Crippen molar-refractivity contribution in [1.29, 1.82) is 0 Å². The molecule has 3 nitrogen and oxygen atoms in total. The summed E-state index contributed by atoms with van der Waals surface area (Å²) < 4.78 is 8.46. The van der Waals surface area contributed by atoms with Gasteiger partial charge in [-0.2, -0.15) is 4.57 Å². The van der Waals surface area contributed by atoms with Crippen molar-refractivity contribution in [3.63, 3.8) is 0 Å². The van der Waals surface area contributed by atoms with Crippen LogP contribution < -0.4 is 4.57 Å². The lowest BCUT2D eigenvalue weighted by Gasteiger charge is -2.16. The molecule has 0 saturated carbocycles. The summed E-state index contributed by atoms with van der Waals surface area (Å²) >= 11 is 0. The Bertz CT molecular complexity index is 1100. The van der Waals surface area contributed by atoms with E-state index in [1.165, 1.54) is 39.0 Å². The van der Waals surface area contributed by atoms with Crippen LogP contribution in [0.1, 0.15) is 29.7 Å². The van der Waals surface area contributed by atoms with Gasteiger partial charge in [0.2, 0.25) is 5.69 Å². The molecule has 0 spiro atoms. The summed E-state index contributed by atoms with van der Waals surface area (Å²) in [6.07, 6.45) is 3.37. The maximum absolute atomic E-state index is 6.10. The molecule has 2 aromatic heterocycles. The van der Waals surface area contributed by atoms with Gasteiger partial charge in [0.1, 0.15) is 5.69 Å². The number of para-hydroxylation sites is 1. The molecule has 1 N–H and O–H groups in total. The molecule has 4 aromatic rings. The van der Waals surface area contributed by atoms with E-state index in [1.807, 2.05) is 6.07 Å². The quantitative estimate of drug-likeness (QED) is 0.515. The van der Waals surface area contributed by atoms with Crippen LogP contribution in [0.25, 0.3) is 22.3 Å². The number of aryl methyl sites for hydroxylation is 2. The number of nitrogens with zero attached hydrogens (tertiary/aromatic N) is 1. The highest BCUT2D eigenvalue weighted by Gasteiger charge is 2.27. The molecular formula is C24H23N2O+. The van der Waals surface area contributed by atoms with Crippen LogP contribution in [-0.4, -0.2) is 4.98 Å². The second kappa shape index (κ2) is 6.67. The largest absolute Gasteiger partial charge is 0.369 e. The second-order valence-corrected chi connectivity index (χ2v) is 7.25. The summed E-state index contributed by atoms with van der Waals surface area (Å²) in [5.41, 5.74) is 7.59. The topological polar surface area (TPSA) is 28.9 Å². The molecule has 5 rings (SSSR count). The molecule has 0 bridgehead atoms. The number of fused-ring (bicyclic) bond motifs is 5. The number of benzene rings is 2. The molecule has 0 amide bonds. The van der Waals surface area contributed by atoms with Crippen LogP contribution in [0.15, 0.2) is 72.9 Å². The van der Waals surface area contributed by atoms with Crippen molar-refractivity contribution in [2.24, 2.45) is 0 Å². The Hall–Kier alpha value is -2.91. The third kappa shape index (κ3) is 2.94. The van der Waals surface area contributed by atoms with Gasteiger partial charge >= 0.3 is 0 Å². The first kappa shape index (κ1) is 16.3. The number of hydrogen-bond acceptors (Lipinski definition) is 1. The van der Waals surface area contributed by atoms with Gasteiger partial charge in [0.15, 0.2) is 12.7 Å². The van der Waals surface area contributed by atoms with Crippen LogP contribution in [-0.2, 0) is 24.3 Å². The molecule has 134 valence electrons. The fraction of sp³-hybridized carbons (Fsp3) is 0.208. The molecule has 0 aliphatic carbocycles. The predicted molar refractivity (Wildman–Crippen MR) is 107 cm³/mol. The molecule has 27 heavy (non-hydrogen) atoms. The van der Waals surface area contributed by atoms with Crippen molar-refractivity contribution in [1.82, 2.24) is 4.98 Å². The van der Waals surface area contributed by atoms with E-state index >= 15 is 0 Å². The Morgan fingerprint density at radius 2 is 1.81 bits per heavy atom. The van der Waals surface area contributed by atoms with Crippen LogP contribution >= 0.6 is 0 Å². The van der Waals surface area contributed by atoms with Crippen LogP contribution in [0.3, 0.4) is 0 Å². The minimum absolute atomic E-state index is 0.0621. The monoisotopic (exact) mass is 355 g/mol. The van der Waals surface area contributed by atoms with Crippen molar-refractivity contribution in [2.45, 2.75) is 32.6 Å². The Balaban J connectivity index is 1.42. The molecule has 2 aromatic carbocycles. The summed E-state index contributed by atoms with van der Waals surface area (Å²) in [6, 6.07) is 23.4. The lowest BCUT2D eigenvalue weighted by atomic mass is 10.0. The van der Waals surface area contributed by atoms with Gasteiger partial charge in [-0.3, -0.25) is 0 Å². The minimum atomic E-state index is 0.0621. The first-order valence-electron chi connectivity index (χ1n) is 9.58. The predicted octanol–water partition coefficient (Wildman–Crippen LogP) is 4.96. The summed E-state index contributed by atoms with van der Waals surface area (Å²) in [4.78, 5) is 3.62. The zero-order valence-corrected chi connectivity index (χ0v) is 15.5. The SMILES string of the molecule is CC(OCc1ccccc1)c1ccc2[n+](c1)CCc1c-2[nH]c2ccccc12. The van der Waals surface area contributed by atoms with E-state index in [2.05, 4.69) is 83.3 Å². The molecule has 0 fully saturated rings. The maximum Gasteiger partial charge on any atom is 0.229 e. The Morgan fingerprint density at radius 1 is 1.00 bits per heavy atom. The Morgan fingerprint density at radius 3 is 2.70 bits per heavy atom. The fourth-order valence-electron chi connectivity index (χ4n) is 4.02. The van der Waals surface area contributed by atoms with Gasteiger partial charge in [0, 0.05) is 29.0 Å². The number of H-pyrrole nitrogens is 1. The summed E-state index contributed by atoms with van der Waals surface area (Å²) in [5.74, 6) is 0. The lowest BCUT2D eigenvalue weighted by Crippen LogP contribution is -2.40. The first-order chi connectivity index (χ1) is 13.3. The minimum Gasteiger partial charge on any atom is -0.369 e. The summed E-state index contributed by atoms with van der Waals surface area (Å²) in [5, 5.41) is 1.35. The second-order valence-electron chi connectivity index (χ2n) is 7.25. The standard InChI is InChI=1S/C24H22N2O/c1-17(27-16-18-7-3-2-4-8-18)19-11-12-23-24-21(13-14-26(23)15-19)20-9-5-6-10-22(20)25-24/h2-12,15,17H,13-14,16H2,1H3/p+1. The number of pyridine rings is 1. The van der Waals surface area contributed by atoms with E-state index < -0.39 is 0 Å². The van der Waals surface area contributed by atoms with E-state index in [0.29, 0.717) is 6.61 Å². The number of nitrogens with one attached hydrogen (secondary N) is 1. The zero-order chi connectivity index (χ0) is 18.2. The molecular weight excluding hydrogens is 332 g/mol. The maximum atomic E-state index is 6.10. The van der Waals surface area contributed by atoms with E-state index in [1.54, 1.807) is 0 Å².